The van der Waals surface area contributed by atoms with E-state index in [1.54, 1.807) is 0 Å². The molecule has 1 aliphatic rings. The Morgan fingerprint density at radius 2 is 1.88 bits per heavy atom. The summed E-state index contributed by atoms with van der Waals surface area (Å²) in [5, 5.41) is 56.7. The number of aromatic hydroxyl groups is 2. The molecule has 0 aliphatic carbocycles. The summed E-state index contributed by atoms with van der Waals surface area (Å²) in [7, 11) is 0. The first kappa shape index (κ1) is 18.2. The fourth-order valence-corrected chi connectivity index (χ4v) is 2.18. The number of carbonyl (C=O) groups is 1. The molecule has 9 nitrogen and oxygen atoms in total. The lowest BCUT2D eigenvalue weighted by Gasteiger charge is -2.39. The first-order valence-corrected chi connectivity index (χ1v) is 7.04. The highest BCUT2D eigenvalue weighted by Gasteiger charge is 2.45. The van der Waals surface area contributed by atoms with E-state index in [2.05, 4.69) is 0 Å². The van der Waals surface area contributed by atoms with E-state index < -0.39 is 43.3 Å². The minimum absolute atomic E-state index is 0.312. The maximum absolute atomic E-state index is 11.8. The predicted molar refractivity (Wildman–Crippen MR) is 78.7 cm³/mol. The third-order valence-corrected chi connectivity index (χ3v) is 3.51. The third kappa shape index (κ3) is 4.02. The number of esters is 1. The molecule has 2 rings (SSSR count). The molecule has 1 aromatic rings. The Morgan fingerprint density at radius 3 is 2.50 bits per heavy atom. The van der Waals surface area contributed by atoms with Crippen LogP contribution in [0.25, 0.3) is 6.08 Å². The summed E-state index contributed by atoms with van der Waals surface area (Å²) in [5.41, 5.74) is 0.392. The van der Waals surface area contributed by atoms with Crippen LogP contribution in [0.2, 0.25) is 0 Å². The van der Waals surface area contributed by atoms with Crippen molar-refractivity contribution in [3.05, 3.63) is 29.8 Å². The van der Waals surface area contributed by atoms with Crippen LogP contribution >= 0.6 is 0 Å². The number of rotatable bonds is 4. The largest absolute Gasteiger partial charge is 0.504 e. The molecule has 0 spiro atoms. The Morgan fingerprint density at radius 1 is 1.17 bits per heavy atom. The highest BCUT2D eigenvalue weighted by atomic mass is 16.7. The molecular formula is C15H18O9. The van der Waals surface area contributed by atoms with Crippen LogP contribution in [0.3, 0.4) is 0 Å². The first-order chi connectivity index (χ1) is 11.3. The van der Waals surface area contributed by atoms with E-state index in [9.17, 15) is 30.3 Å². The lowest BCUT2D eigenvalue weighted by Crippen LogP contribution is -2.59. The first-order valence-electron chi connectivity index (χ1n) is 7.04. The fraction of sp³-hybridized carbons (Fsp3) is 0.400. The van der Waals surface area contributed by atoms with Gasteiger partial charge in [0.25, 0.3) is 0 Å². The Labute approximate surface area is 136 Å². The highest BCUT2D eigenvalue weighted by molar-refractivity contribution is 5.87. The summed E-state index contributed by atoms with van der Waals surface area (Å²) in [5.74, 6) is -1.62. The van der Waals surface area contributed by atoms with Gasteiger partial charge in [0.1, 0.15) is 18.3 Å². The van der Waals surface area contributed by atoms with Crippen molar-refractivity contribution in [1.82, 2.24) is 0 Å². The fourth-order valence-electron chi connectivity index (χ4n) is 2.18. The average Bonchev–Trinajstić information content (AvgIpc) is 2.56. The molecule has 1 saturated heterocycles. The maximum Gasteiger partial charge on any atom is 0.331 e. The summed E-state index contributed by atoms with van der Waals surface area (Å²) >= 11 is 0. The van der Waals surface area contributed by atoms with Gasteiger partial charge in [-0.15, -0.1) is 0 Å². The van der Waals surface area contributed by atoms with Crippen LogP contribution in [0.15, 0.2) is 24.3 Å². The number of hydrogen-bond acceptors (Lipinski definition) is 9. The topological polar surface area (TPSA) is 157 Å². The van der Waals surface area contributed by atoms with E-state index in [-0.39, 0.29) is 11.5 Å². The molecule has 0 bridgehead atoms. The minimum atomic E-state index is -1.71. The molecule has 1 heterocycles. The van der Waals surface area contributed by atoms with E-state index in [0.29, 0.717) is 5.56 Å². The normalized spacial score (nSPS) is 30.4. The molecule has 1 unspecified atom stereocenters. The van der Waals surface area contributed by atoms with Crippen molar-refractivity contribution in [3.8, 4) is 11.5 Å². The van der Waals surface area contributed by atoms with Crippen LogP contribution in [0.5, 0.6) is 11.5 Å². The van der Waals surface area contributed by atoms with Crippen molar-refractivity contribution in [1.29, 1.82) is 0 Å². The second-order valence-corrected chi connectivity index (χ2v) is 5.21. The second-order valence-electron chi connectivity index (χ2n) is 5.21. The smallest absolute Gasteiger partial charge is 0.331 e. The average molecular weight is 342 g/mol. The summed E-state index contributed by atoms with van der Waals surface area (Å²) in [6.07, 6.45) is -5.37. The van der Waals surface area contributed by atoms with E-state index >= 15 is 0 Å². The van der Waals surface area contributed by atoms with Gasteiger partial charge < -0.3 is 40.1 Å². The lowest BCUT2D eigenvalue weighted by atomic mass is 9.99. The Kier molecular flexibility index (Phi) is 5.75. The van der Waals surface area contributed by atoms with Crippen LogP contribution in [0.4, 0.5) is 0 Å². The molecule has 24 heavy (non-hydrogen) atoms. The maximum atomic E-state index is 11.8. The number of carbonyl (C=O) groups excluding carboxylic acids is 1. The minimum Gasteiger partial charge on any atom is -0.504 e. The quantitative estimate of drug-likeness (QED) is 0.217. The van der Waals surface area contributed by atoms with Crippen LogP contribution in [0.1, 0.15) is 5.56 Å². The van der Waals surface area contributed by atoms with Crippen LogP contribution < -0.4 is 0 Å². The van der Waals surface area contributed by atoms with Gasteiger partial charge in [0.15, 0.2) is 23.9 Å². The van der Waals surface area contributed by atoms with E-state index in [0.717, 1.165) is 6.08 Å². The highest BCUT2D eigenvalue weighted by Crippen LogP contribution is 2.26. The van der Waals surface area contributed by atoms with Gasteiger partial charge in [0.2, 0.25) is 0 Å². The molecule has 0 radical (unpaired) electrons. The zero-order valence-corrected chi connectivity index (χ0v) is 12.4. The zero-order chi connectivity index (χ0) is 17.9. The molecule has 1 aromatic carbocycles. The van der Waals surface area contributed by atoms with Gasteiger partial charge in [-0.25, -0.2) is 4.79 Å². The van der Waals surface area contributed by atoms with E-state index in [4.69, 9.17) is 14.6 Å². The Hall–Kier alpha value is -2.17. The van der Waals surface area contributed by atoms with Gasteiger partial charge in [-0.05, 0) is 23.8 Å². The summed E-state index contributed by atoms with van der Waals surface area (Å²) < 4.78 is 9.71. The molecular weight excluding hydrogens is 324 g/mol. The van der Waals surface area contributed by atoms with Crippen molar-refractivity contribution in [3.63, 3.8) is 0 Å². The van der Waals surface area contributed by atoms with Gasteiger partial charge >= 0.3 is 5.97 Å². The number of hydrogen-bond donors (Lipinski definition) is 6. The monoisotopic (exact) mass is 342 g/mol. The third-order valence-electron chi connectivity index (χ3n) is 3.51. The van der Waals surface area contributed by atoms with Gasteiger partial charge in [0, 0.05) is 6.08 Å². The number of phenols is 2. The van der Waals surface area contributed by atoms with Gasteiger partial charge in [-0.3, -0.25) is 0 Å². The van der Waals surface area contributed by atoms with Crippen molar-refractivity contribution in [2.45, 2.75) is 30.7 Å². The summed E-state index contributed by atoms with van der Waals surface area (Å²) in [6.45, 7) is -0.625. The van der Waals surface area contributed by atoms with Crippen molar-refractivity contribution < 1.29 is 44.9 Å². The zero-order valence-electron chi connectivity index (χ0n) is 12.4. The van der Waals surface area contributed by atoms with Gasteiger partial charge in [-0.1, -0.05) is 6.07 Å². The van der Waals surface area contributed by atoms with Crippen molar-refractivity contribution in [2.24, 2.45) is 0 Å². The van der Waals surface area contributed by atoms with Crippen LogP contribution in [-0.4, -0.2) is 73.9 Å². The number of aliphatic hydroxyl groups excluding tert-OH is 4. The number of ether oxygens (including phenoxy) is 2. The van der Waals surface area contributed by atoms with Crippen LogP contribution in [0, 0.1) is 0 Å². The number of benzene rings is 1. The standard InChI is InChI=1S/C15H18O9/c16-6-10-12(20)13(21)14(15(22)23-10)24-11(19)4-2-7-1-3-8(17)9(18)5-7/h1-5,10,12-18,20-22H,6H2/t10-,12-,13+,14-,15?/m1/s1. The van der Waals surface area contributed by atoms with Crippen molar-refractivity contribution in [2.75, 3.05) is 6.61 Å². The molecule has 132 valence electrons. The Bertz CT molecular complexity index is 615. The number of phenolic OH excluding ortho intramolecular Hbond substituents is 2. The molecule has 0 saturated carbocycles. The van der Waals surface area contributed by atoms with Gasteiger partial charge in [0.05, 0.1) is 6.61 Å². The molecule has 9 heteroatoms. The molecule has 0 aromatic heterocycles. The molecule has 0 amide bonds. The SMILES string of the molecule is O=C(C=Cc1ccc(O)c(O)c1)O[C@H]1C(O)O[C@H](CO)[C@@H](O)[C@@H]1O. The van der Waals surface area contributed by atoms with Gasteiger partial charge in [-0.2, -0.15) is 0 Å². The van der Waals surface area contributed by atoms with Crippen LogP contribution in [-0.2, 0) is 14.3 Å². The molecule has 5 atom stereocenters. The van der Waals surface area contributed by atoms with E-state index in [1.165, 1.54) is 24.3 Å². The van der Waals surface area contributed by atoms with Crippen molar-refractivity contribution >= 4 is 12.0 Å². The summed E-state index contributed by atoms with van der Waals surface area (Å²) in [4.78, 5) is 11.8. The lowest BCUT2D eigenvalue weighted by molar-refractivity contribution is -0.289. The van der Waals surface area contributed by atoms with E-state index in [1.807, 2.05) is 0 Å². The molecule has 1 aliphatic heterocycles. The molecule has 1 fully saturated rings. The summed E-state index contributed by atoms with van der Waals surface area (Å²) in [6, 6.07) is 3.87. The predicted octanol–water partition coefficient (Wildman–Crippen LogP) is -1.55. The Balaban J connectivity index is 2.00. The molecule has 6 N–H and O–H groups in total. The second kappa shape index (κ2) is 7.60. The number of aliphatic hydroxyl groups is 4.